The van der Waals surface area contributed by atoms with Crippen LogP contribution in [-0.4, -0.2) is 49.4 Å². The minimum atomic E-state index is 0.206. The van der Waals surface area contributed by atoms with E-state index in [9.17, 15) is 0 Å². The summed E-state index contributed by atoms with van der Waals surface area (Å²) in [6, 6.07) is 17.6. The lowest BCUT2D eigenvalue weighted by Gasteiger charge is -2.32. The zero-order valence-corrected chi connectivity index (χ0v) is 17.5. The Morgan fingerprint density at radius 1 is 1.10 bits per heavy atom. The number of morpholine rings is 1. The summed E-state index contributed by atoms with van der Waals surface area (Å²) in [5.41, 5.74) is 1.87. The van der Waals surface area contributed by atoms with Gasteiger partial charge in [-0.25, -0.2) is 4.98 Å². The predicted octanol–water partition coefficient (Wildman–Crippen LogP) is 4.68. The van der Waals surface area contributed by atoms with Gasteiger partial charge in [-0.2, -0.15) is 0 Å². The molecule has 0 amide bonds. The topological polar surface area (TPSA) is 57.0 Å². The zero-order chi connectivity index (χ0) is 20.8. The number of aryl methyl sites for hydroxylation is 1. The highest BCUT2D eigenvalue weighted by atomic mass is 16.5. The van der Waals surface area contributed by atoms with Crippen molar-refractivity contribution in [2.24, 2.45) is 0 Å². The fourth-order valence-corrected chi connectivity index (χ4v) is 3.58. The van der Waals surface area contributed by atoms with Crippen molar-refractivity contribution in [1.82, 2.24) is 9.88 Å². The maximum atomic E-state index is 5.99. The zero-order valence-electron chi connectivity index (χ0n) is 17.5. The van der Waals surface area contributed by atoms with E-state index < -0.39 is 0 Å². The van der Waals surface area contributed by atoms with Crippen LogP contribution in [0.15, 0.2) is 59.0 Å². The summed E-state index contributed by atoms with van der Waals surface area (Å²) < 4.78 is 23.0. The number of ether oxygens (including phenoxy) is 3. The third kappa shape index (κ3) is 5.27. The second kappa shape index (κ2) is 9.89. The van der Waals surface area contributed by atoms with Gasteiger partial charge in [0.2, 0.25) is 5.89 Å². The van der Waals surface area contributed by atoms with Gasteiger partial charge in [-0.1, -0.05) is 24.3 Å². The second-order valence-corrected chi connectivity index (χ2v) is 7.47. The lowest BCUT2D eigenvalue weighted by atomic mass is 10.2. The lowest BCUT2D eigenvalue weighted by Crippen LogP contribution is -2.42. The van der Waals surface area contributed by atoms with E-state index in [0.717, 1.165) is 61.2 Å². The summed E-state index contributed by atoms with van der Waals surface area (Å²) in [5.74, 6) is 3.02. The second-order valence-electron chi connectivity index (χ2n) is 7.47. The Kier molecular flexibility index (Phi) is 6.79. The number of methoxy groups -OCH3 is 1. The molecule has 0 N–H and O–H groups in total. The number of aromatic nitrogens is 1. The molecule has 2 heterocycles. The van der Waals surface area contributed by atoms with Crippen molar-refractivity contribution >= 4 is 0 Å². The largest absolute Gasteiger partial charge is 0.457 e. The van der Waals surface area contributed by atoms with Crippen LogP contribution < -0.4 is 4.74 Å². The Hall–Kier alpha value is -2.67. The number of para-hydroxylation sites is 1. The van der Waals surface area contributed by atoms with Crippen LogP contribution in [0.25, 0.3) is 11.5 Å². The Bertz CT molecular complexity index is 941. The van der Waals surface area contributed by atoms with E-state index in [2.05, 4.69) is 4.90 Å². The minimum absolute atomic E-state index is 0.206. The first-order valence-corrected chi connectivity index (χ1v) is 10.3. The third-order valence-corrected chi connectivity index (χ3v) is 5.19. The first kappa shape index (κ1) is 20.6. The summed E-state index contributed by atoms with van der Waals surface area (Å²) in [5, 5.41) is 0. The number of hydrogen-bond acceptors (Lipinski definition) is 6. The maximum absolute atomic E-state index is 5.99. The van der Waals surface area contributed by atoms with Crippen molar-refractivity contribution in [1.29, 1.82) is 0 Å². The van der Waals surface area contributed by atoms with Gasteiger partial charge in [-0.05, 0) is 43.7 Å². The number of rotatable bonds is 8. The number of benzene rings is 2. The molecule has 0 radical (unpaired) electrons. The van der Waals surface area contributed by atoms with Crippen LogP contribution in [0.3, 0.4) is 0 Å². The molecular weight excluding hydrogens is 380 g/mol. The standard InChI is InChI=1S/C24H28N2O4/c1-18-23(17-26-12-14-28-22(16-26)11-13-27-2)25-24(29-18)19-7-6-10-21(15-19)30-20-8-4-3-5-9-20/h3-10,15,22H,11-14,16-17H2,1-2H3/t22-/m0/s1. The maximum Gasteiger partial charge on any atom is 0.226 e. The molecule has 1 aromatic heterocycles. The average molecular weight is 408 g/mol. The summed E-state index contributed by atoms with van der Waals surface area (Å²) in [7, 11) is 1.72. The first-order valence-electron chi connectivity index (χ1n) is 10.3. The molecule has 4 rings (SSSR count). The van der Waals surface area contributed by atoms with Gasteiger partial charge in [0, 0.05) is 38.9 Å². The monoisotopic (exact) mass is 408 g/mol. The molecule has 1 saturated heterocycles. The molecular formula is C24H28N2O4. The summed E-state index contributed by atoms with van der Waals surface area (Å²) in [6.45, 7) is 5.95. The third-order valence-electron chi connectivity index (χ3n) is 5.19. The molecule has 6 nitrogen and oxygen atoms in total. The highest BCUT2D eigenvalue weighted by Crippen LogP contribution is 2.28. The van der Waals surface area contributed by atoms with Crippen molar-refractivity contribution in [3.63, 3.8) is 0 Å². The number of oxazole rings is 1. The molecule has 0 bridgehead atoms. The molecule has 30 heavy (non-hydrogen) atoms. The Balaban J connectivity index is 1.44. The van der Waals surface area contributed by atoms with Crippen LogP contribution in [0.1, 0.15) is 17.9 Å². The van der Waals surface area contributed by atoms with Crippen LogP contribution in [-0.2, 0) is 16.0 Å². The summed E-state index contributed by atoms with van der Waals surface area (Å²) >= 11 is 0. The van der Waals surface area contributed by atoms with Crippen LogP contribution in [0.5, 0.6) is 11.5 Å². The molecule has 158 valence electrons. The highest BCUT2D eigenvalue weighted by molar-refractivity contribution is 5.57. The first-order chi connectivity index (χ1) is 14.7. The van der Waals surface area contributed by atoms with Gasteiger partial charge in [-0.3, -0.25) is 4.90 Å². The van der Waals surface area contributed by atoms with Gasteiger partial charge in [0.15, 0.2) is 0 Å². The van der Waals surface area contributed by atoms with E-state index in [1.807, 2.05) is 61.5 Å². The smallest absolute Gasteiger partial charge is 0.226 e. The van der Waals surface area contributed by atoms with E-state index in [4.69, 9.17) is 23.6 Å². The van der Waals surface area contributed by atoms with Gasteiger partial charge < -0.3 is 18.6 Å². The van der Waals surface area contributed by atoms with E-state index in [0.29, 0.717) is 12.5 Å². The van der Waals surface area contributed by atoms with Gasteiger partial charge in [0.05, 0.1) is 18.4 Å². The fourth-order valence-electron chi connectivity index (χ4n) is 3.58. The predicted molar refractivity (Wildman–Crippen MR) is 115 cm³/mol. The minimum Gasteiger partial charge on any atom is -0.457 e. The highest BCUT2D eigenvalue weighted by Gasteiger charge is 2.22. The van der Waals surface area contributed by atoms with Crippen molar-refractivity contribution in [2.45, 2.75) is 26.0 Å². The van der Waals surface area contributed by atoms with E-state index in [1.165, 1.54) is 0 Å². The molecule has 3 aromatic rings. The Labute approximate surface area is 177 Å². The van der Waals surface area contributed by atoms with E-state index >= 15 is 0 Å². The molecule has 1 aliphatic rings. The molecule has 0 spiro atoms. The lowest BCUT2D eigenvalue weighted by molar-refractivity contribution is -0.0436. The molecule has 1 aliphatic heterocycles. The summed E-state index contributed by atoms with van der Waals surface area (Å²) in [6.07, 6.45) is 1.11. The van der Waals surface area contributed by atoms with Gasteiger partial charge in [-0.15, -0.1) is 0 Å². The van der Waals surface area contributed by atoms with Crippen molar-refractivity contribution in [3.8, 4) is 23.0 Å². The average Bonchev–Trinajstić information content (AvgIpc) is 3.14. The van der Waals surface area contributed by atoms with Gasteiger partial charge in [0.25, 0.3) is 0 Å². The fraction of sp³-hybridized carbons (Fsp3) is 0.375. The quantitative estimate of drug-likeness (QED) is 0.539. The molecule has 0 unspecified atom stereocenters. The normalized spacial score (nSPS) is 17.2. The summed E-state index contributed by atoms with van der Waals surface area (Å²) in [4.78, 5) is 7.15. The molecule has 1 fully saturated rings. The van der Waals surface area contributed by atoms with Crippen molar-refractivity contribution < 1.29 is 18.6 Å². The molecule has 0 aliphatic carbocycles. The number of nitrogens with zero attached hydrogens (tertiary/aromatic N) is 2. The van der Waals surface area contributed by atoms with Crippen LogP contribution in [0, 0.1) is 6.92 Å². The molecule has 2 aromatic carbocycles. The van der Waals surface area contributed by atoms with E-state index in [1.54, 1.807) is 7.11 Å². The van der Waals surface area contributed by atoms with Crippen molar-refractivity contribution in [3.05, 3.63) is 66.1 Å². The Morgan fingerprint density at radius 2 is 1.93 bits per heavy atom. The van der Waals surface area contributed by atoms with E-state index in [-0.39, 0.29) is 6.10 Å². The number of hydrogen-bond donors (Lipinski definition) is 0. The van der Waals surface area contributed by atoms with Crippen LogP contribution >= 0.6 is 0 Å². The molecule has 1 atom stereocenters. The molecule has 0 saturated carbocycles. The van der Waals surface area contributed by atoms with Crippen LogP contribution in [0.4, 0.5) is 0 Å². The van der Waals surface area contributed by atoms with Gasteiger partial charge >= 0.3 is 0 Å². The molecule has 6 heteroatoms. The van der Waals surface area contributed by atoms with Crippen molar-refractivity contribution in [2.75, 3.05) is 33.4 Å². The Morgan fingerprint density at radius 3 is 2.77 bits per heavy atom. The van der Waals surface area contributed by atoms with Gasteiger partial charge in [0.1, 0.15) is 17.3 Å². The SMILES string of the molecule is COCC[C@H]1CN(Cc2nc(-c3cccc(Oc4ccccc4)c3)oc2C)CCO1. The van der Waals surface area contributed by atoms with Crippen LogP contribution in [0.2, 0.25) is 0 Å².